The van der Waals surface area contributed by atoms with Gasteiger partial charge >= 0.3 is 5.97 Å². The van der Waals surface area contributed by atoms with Crippen LogP contribution in [0.1, 0.15) is 5.69 Å². The molecule has 0 unspecified atom stereocenters. The van der Waals surface area contributed by atoms with Crippen molar-refractivity contribution >= 4 is 16.9 Å². The molecule has 14 heavy (non-hydrogen) atoms. The Morgan fingerprint density at radius 1 is 1.43 bits per heavy atom. The minimum atomic E-state index is -0.811. The molecular formula is C11H11NO2. The second-order valence-electron chi connectivity index (χ2n) is 3.32. The summed E-state index contributed by atoms with van der Waals surface area (Å²) in [6.07, 6.45) is 0. The minimum absolute atomic E-state index is 0.0271. The number of aromatic nitrogens is 1. The van der Waals surface area contributed by atoms with Crippen molar-refractivity contribution in [2.45, 2.75) is 13.5 Å². The normalized spacial score (nSPS) is 10.6. The van der Waals surface area contributed by atoms with Crippen molar-refractivity contribution in [3.63, 3.8) is 0 Å². The maximum atomic E-state index is 10.6. The van der Waals surface area contributed by atoms with Crippen LogP contribution in [0.5, 0.6) is 0 Å². The number of para-hydroxylation sites is 1. The van der Waals surface area contributed by atoms with Crippen LogP contribution in [0.15, 0.2) is 30.3 Å². The van der Waals surface area contributed by atoms with Crippen molar-refractivity contribution in [1.82, 2.24) is 4.57 Å². The van der Waals surface area contributed by atoms with E-state index >= 15 is 0 Å². The fourth-order valence-corrected chi connectivity index (χ4v) is 1.69. The average molecular weight is 189 g/mol. The Balaban J connectivity index is 2.62. The first-order valence-electron chi connectivity index (χ1n) is 4.45. The molecule has 0 fully saturated rings. The second-order valence-corrected chi connectivity index (χ2v) is 3.32. The van der Waals surface area contributed by atoms with Crippen molar-refractivity contribution in [1.29, 1.82) is 0 Å². The van der Waals surface area contributed by atoms with Gasteiger partial charge in [0.15, 0.2) is 0 Å². The van der Waals surface area contributed by atoms with E-state index in [0.717, 1.165) is 16.6 Å². The van der Waals surface area contributed by atoms with Gasteiger partial charge in [-0.25, -0.2) is 0 Å². The molecule has 0 aliphatic heterocycles. The molecule has 0 spiro atoms. The number of rotatable bonds is 2. The molecule has 0 bridgehead atoms. The lowest BCUT2D eigenvalue weighted by atomic mass is 10.2. The molecule has 1 aromatic heterocycles. The number of benzene rings is 1. The first-order chi connectivity index (χ1) is 6.68. The van der Waals surface area contributed by atoms with Gasteiger partial charge in [-0.15, -0.1) is 0 Å². The maximum Gasteiger partial charge on any atom is 0.323 e. The molecule has 2 aromatic rings. The van der Waals surface area contributed by atoms with Gasteiger partial charge in [0, 0.05) is 11.2 Å². The summed E-state index contributed by atoms with van der Waals surface area (Å²) in [6.45, 7) is 1.95. The highest BCUT2D eigenvalue weighted by Gasteiger charge is 2.07. The van der Waals surface area contributed by atoms with Crippen LogP contribution < -0.4 is 0 Å². The fraction of sp³-hybridized carbons (Fsp3) is 0.182. The van der Waals surface area contributed by atoms with Crippen LogP contribution in [0.25, 0.3) is 10.9 Å². The summed E-state index contributed by atoms with van der Waals surface area (Å²) in [5.41, 5.74) is 1.96. The number of carboxylic acid groups (broad SMARTS) is 1. The molecule has 72 valence electrons. The largest absolute Gasteiger partial charge is 0.480 e. The monoisotopic (exact) mass is 189 g/mol. The van der Waals surface area contributed by atoms with Crippen molar-refractivity contribution in [3.05, 3.63) is 36.0 Å². The molecule has 0 saturated carbocycles. The molecule has 0 atom stereocenters. The van der Waals surface area contributed by atoms with E-state index in [9.17, 15) is 4.79 Å². The van der Waals surface area contributed by atoms with Crippen LogP contribution in [-0.4, -0.2) is 15.6 Å². The van der Waals surface area contributed by atoms with Crippen LogP contribution >= 0.6 is 0 Å². The maximum absolute atomic E-state index is 10.6. The van der Waals surface area contributed by atoms with Crippen LogP contribution in [0.3, 0.4) is 0 Å². The second kappa shape index (κ2) is 3.18. The summed E-state index contributed by atoms with van der Waals surface area (Å²) < 4.78 is 1.80. The van der Waals surface area contributed by atoms with E-state index in [0.29, 0.717) is 0 Å². The van der Waals surface area contributed by atoms with E-state index in [1.54, 1.807) is 4.57 Å². The summed E-state index contributed by atoms with van der Waals surface area (Å²) in [4.78, 5) is 10.6. The Morgan fingerprint density at radius 2 is 2.14 bits per heavy atom. The van der Waals surface area contributed by atoms with E-state index in [-0.39, 0.29) is 6.54 Å². The highest BCUT2D eigenvalue weighted by molar-refractivity contribution is 5.82. The zero-order valence-corrected chi connectivity index (χ0v) is 7.90. The standard InChI is InChI=1S/C11H11NO2/c1-8-6-9-4-2-3-5-10(9)12(8)7-11(13)14/h2-6H,7H2,1H3,(H,13,14). The quantitative estimate of drug-likeness (QED) is 0.785. The zero-order valence-electron chi connectivity index (χ0n) is 7.90. The van der Waals surface area contributed by atoms with Gasteiger partial charge in [-0.05, 0) is 24.4 Å². The molecule has 0 radical (unpaired) electrons. The summed E-state index contributed by atoms with van der Waals surface area (Å²) in [6, 6.07) is 9.79. The Kier molecular flexibility index (Phi) is 2.00. The Bertz CT molecular complexity index is 485. The number of hydrogen-bond donors (Lipinski definition) is 1. The van der Waals surface area contributed by atoms with Crippen molar-refractivity contribution in [2.24, 2.45) is 0 Å². The zero-order chi connectivity index (χ0) is 10.1. The third kappa shape index (κ3) is 1.37. The first kappa shape index (κ1) is 8.81. The van der Waals surface area contributed by atoms with Crippen LogP contribution in [-0.2, 0) is 11.3 Å². The van der Waals surface area contributed by atoms with Gasteiger partial charge in [-0.2, -0.15) is 0 Å². The molecule has 1 N–H and O–H groups in total. The molecule has 0 saturated heterocycles. The van der Waals surface area contributed by atoms with Gasteiger partial charge in [0.1, 0.15) is 6.54 Å². The van der Waals surface area contributed by atoms with Crippen LogP contribution in [0.2, 0.25) is 0 Å². The Labute approximate surface area is 81.6 Å². The van der Waals surface area contributed by atoms with E-state index in [1.165, 1.54) is 0 Å². The molecule has 1 aromatic carbocycles. The first-order valence-corrected chi connectivity index (χ1v) is 4.45. The smallest absolute Gasteiger partial charge is 0.323 e. The summed E-state index contributed by atoms with van der Waals surface area (Å²) in [5.74, 6) is -0.811. The summed E-state index contributed by atoms with van der Waals surface area (Å²) in [7, 11) is 0. The minimum Gasteiger partial charge on any atom is -0.480 e. The number of aliphatic carboxylic acids is 1. The van der Waals surface area contributed by atoms with E-state index in [4.69, 9.17) is 5.11 Å². The highest BCUT2D eigenvalue weighted by atomic mass is 16.4. The van der Waals surface area contributed by atoms with Gasteiger partial charge in [-0.1, -0.05) is 18.2 Å². The van der Waals surface area contributed by atoms with E-state index < -0.39 is 5.97 Å². The SMILES string of the molecule is Cc1cc2ccccc2n1CC(=O)O. The fourth-order valence-electron chi connectivity index (χ4n) is 1.69. The van der Waals surface area contributed by atoms with E-state index in [2.05, 4.69) is 0 Å². The lowest BCUT2D eigenvalue weighted by Gasteiger charge is -2.03. The molecule has 3 nitrogen and oxygen atoms in total. The van der Waals surface area contributed by atoms with Gasteiger partial charge in [-0.3, -0.25) is 4.79 Å². The van der Waals surface area contributed by atoms with Crippen molar-refractivity contribution in [2.75, 3.05) is 0 Å². The highest BCUT2D eigenvalue weighted by Crippen LogP contribution is 2.18. The predicted octanol–water partition coefficient (Wildman–Crippen LogP) is 2.03. The van der Waals surface area contributed by atoms with Crippen molar-refractivity contribution in [3.8, 4) is 0 Å². The Morgan fingerprint density at radius 3 is 2.86 bits per heavy atom. The number of hydrogen-bond acceptors (Lipinski definition) is 1. The van der Waals surface area contributed by atoms with Crippen molar-refractivity contribution < 1.29 is 9.90 Å². The van der Waals surface area contributed by atoms with Gasteiger partial charge in [0.25, 0.3) is 0 Å². The summed E-state index contributed by atoms with van der Waals surface area (Å²) >= 11 is 0. The molecule has 1 heterocycles. The van der Waals surface area contributed by atoms with Crippen LogP contribution in [0, 0.1) is 6.92 Å². The summed E-state index contributed by atoms with van der Waals surface area (Å²) in [5, 5.41) is 9.84. The molecule has 0 amide bonds. The lowest BCUT2D eigenvalue weighted by Crippen LogP contribution is -2.09. The third-order valence-electron chi connectivity index (χ3n) is 2.31. The molecule has 0 aliphatic rings. The topological polar surface area (TPSA) is 42.2 Å². The van der Waals surface area contributed by atoms with E-state index in [1.807, 2.05) is 37.3 Å². The number of carboxylic acids is 1. The third-order valence-corrected chi connectivity index (χ3v) is 2.31. The Hall–Kier alpha value is -1.77. The molecule has 0 aliphatic carbocycles. The number of fused-ring (bicyclic) bond motifs is 1. The van der Waals surface area contributed by atoms with Gasteiger partial charge in [0.2, 0.25) is 0 Å². The number of aryl methyl sites for hydroxylation is 1. The number of nitrogens with zero attached hydrogens (tertiary/aromatic N) is 1. The molecular weight excluding hydrogens is 178 g/mol. The van der Waals surface area contributed by atoms with Gasteiger partial charge < -0.3 is 9.67 Å². The van der Waals surface area contributed by atoms with Gasteiger partial charge in [0.05, 0.1) is 0 Å². The number of carbonyl (C=O) groups is 1. The lowest BCUT2D eigenvalue weighted by molar-refractivity contribution is -0.137. The molecule has 2 rings (SSSR count). The average Bonchev–Trinajstić information content (AvgIpc) is 2.43. The predicted molar refractivity (Wildman–Crippen MR) is 54.3 cm³/mol. The van der Waals surface area contributed by atoms with Crippen LogP contribution in [0.4, 0.5) is 0 Å². The molecule has 3 heteroatoms.